The number of sulfonamides is 1. The Hall–Kier alpha value is -1.97. The lowest BCUT2D eigenvalue weighted by atomic mass is 9.94. The molecule has 1 aromatic rings. The van der Waals surface area contributed by atoms with Crippen LogP contribution < -0.4 is 4.72 Å². The molecule has 2 amide bonds. The number of nitrogens with zero attached hydrogens (tertiary/aromatic N) is 3. The highest BCUT2D eigenvalue weighted by molar-refractivity contribution is 7.89. The molecule has 0 aliphatic carbocycles. The third kappa shape index (κ3) is 5.88. The molecule has 2 aliphatic heterocycles. The summed E-state index contributed by atoms with van der Waals surface area (Å²) in [6.45, 7) is 10.0. The quantitative estimate of drug-likeness (QED) is 0.685. The van der Waals surface area contributed by atoms with Crippen LogP contribution >= 0.6 is 0 Å². The van der Waals surface area contributed by atoms with Crippen molar-refractivity contribution in [3.8, 4) is 0 Å². The van der Waals surface area contributed by atoms with Crippen LogP contribution in [0.3, 0.4) is 0 Å². The normalized spacial score (nSPS) is 18.8. The summed E-state index contributed by atoms with van der Waals surface area (Å²) in [5, 5.41) is 0. The number of piperidine rings is 1. The van der Waals surface area contributed by atoms with E-state index in [4.69, 9.17) is 0 Å². The Balaban J connectivity index is 1.46. The van der Waals surface area contributed by atoms with E-state index < -0.39 is 10.0 Å². The number of likely N-dealkylation sites (tertiary alicyclic amines) is 1. The second kappa shape index (κ2) is 10.3. The van der Waals surface area contributed by atoms with E-state index in [-0.39, 0.29) is 30.7 Å². The summed E-state index contributed by atoms with van der Waals surface area (Å²) in [5.74, 6) is 0.116. The molecule has 1 N–H and O–H groups in total. The summed E-state index contributed by atoms with van der Waals surface area (Å²) in [5.41, 5.74) is 2.42. The Bertz CT molecular complexity index is 924. The zero-order chi connectivity index (χ0) is 23.5. The summed E-state index contributed by atoms with van der Waals surface area (Å²) < 4.78 is 28.1. The van der Waals surface area contributed by atoms with Gasteiger partial charge in [-0.1, -0.05) is 17.7 Å². The van der Waals surface area contributed by atoms with E-state index in [1.165, 1.54) is 0 Å². The van der Waals surface area contributed by atoms with E-state index in [1.54, 1.807) is 18.7 Å². The average molecular weight is 465 g/mol. The fourth-order valence-corrected chi connectivity index (χ4v) is 6.25. The molecule has 2 saturated heterocycles. The fraction of sp³-hybridized carbons (Fsp3) is 0.652. The largest absolute Gasteiger partial charge is 0.343 e. The summed E-state index contributed by atoms with van der Waals surface area (Å²) >= 11 is 0. The van der Waals surface area contributed by atoms with Gasteiger partial charge >= 0.3 is 0 Å². The summed E-state index contributed by atoms with van der Waals surface area (Å²) in [6, 6.07) is 3.70. The predicted octanol–water partition coefficient (Wildman–Crippen LogP) is 1.29. The van der Waals surface area contributed by atoms with Crippen molar-refractivity contribution in [1.82, 2.24) is 19.4 Å². The van der Waals surface area contributed by atoms with Gasteiger partial charge in [-0.2, -0.15) is 0 Å². The third-order valence-electron chi connectivity index (χ3n) is 6.52. The molecule has 0 spiro atoms. The van der Waals surface area contributed by atoms with Gasteiger partial charge in [0.25, 0.3) is 0 Å². The van der Waals surface area contributed by atoms with E-state index in [1.807, 2.05) is 24.0 Å². The lowest BCUT2D eigenvalue weighted by Gasteiger charge is -2.37. The molecule has 3 rings (SSSR count). The second-order valence-corrected chi connectivity index (χ2v) is 10.9. The number of benzene rings is 1. The summed E-state index contributed by atoms with van der Waals surface area (Å²) in [7, 11) is -1.61. The van der Waals surface area contributed by atoms with E-state index in [2.05, 4.69) is 16.7 Å². The van der Waals surface area contributed by atoms with Crippen molar-refractivity contribution < 1.29 is 18.0 Å². The Kier molecular flexibility index (Phi) is 7.95. The smallest absolute Gasteiger partial charge is 0.241 e. The zero-order valence-corrected chi connectivity index (χ0v) is 20.5. The standard InChI is InChI=1S/C23H36N4O4S/c1-17-15-18(2)22(19(3)16-17)32(30,31)24-8-5-21(28)26-9-6-20(7-10-26)23(29)27-13-11-25(4)12-14-27/h15-16,20,24H,5-14H2,1-4H3. The van der Waals surface area contributed by atoms with E-state index in [0.29, 0.717) is 42.0 Å². The first-order valence-corrected chi connectivity index (χ1v) is 12.9. The van der Waals surface area contributed by atoms with Gasteiger partial charge in [-0.3, -0.25) is 9.59 Å². The van der Waals surface area contributed by atoms with Gasteiger partial charge in [0.15, 0.2) is 0 Å². The molecule has 8 nitrogen and oxygen atoms in total. The van der Waals surface area contributed by atoms with Gasteiger partial charge in [0, 0.05) is 58.2 Å². The number of carbonyl (C=O) groups excluding carboxylic acids is 2. The van der Waals surface area contributed by atoms with Crippen molar-refractivity contribution in [3.63, 3.8) is 0 Å². The first kappa shape index (κ1) is 24.7. The monoisotopic (exact) mass is 464 g/mol. The molecule has 2 aliphatic rings. The average Bonchev–Trinajstić information content (AvgIpc) is 2.72. The lowest BCUT2D eigenvalue weighted by Crippen LogP contribution is -2.51. The lowest BCUT2D eigenvalue weighted by molar-refractivity contribution is -0.141. The number of aryl methyl sites for hydroxylation is 3. The van der Waals surface area contributed by atoms with Crippen LogP contribution in [0.1, 0.15) is 36.0 Å². The summed E-state index contributed by atoms with van der Waals surface area (Å²) in [4.78, 5) is 31.6. The van der Waals surface area contributed by atoms with Gasteiger partial charge in [0.2, 0.25) is 21.8 Å². The Morgan fingerprint density at radius 2 is 1.50 bits per heavy atom. The molecule has 2 fully saturated rings. The molecule has 0 unspecified atom stereocenters. The molecule has 0 saturated carbocycles. The second-order valence-electron chi connectivity index (χ2n) is 9.16. The van der Waals surface area contributed by atoms with Gasteiger partial charge in [-0.15, -0.1) is 0 Å². The zero-order valence-electron chi connectivity index (χ0n) is 19.7. The maximum absolute atomic E-state index is 12.8. The van der Waals surface area contributed by atoms with Gasteiger partial charge in [0.1, 0.15) is 0 Å². The maximum atomic E-state index is 12.8. The van der Waals surface area contributed by atoms with Crippen molar-refractivity contribution >= 4 is 21.8 Å². The minimum atomic E-state index is -3.68. The first-order valence-electron chi connectivity index (χ1n) is 11.4. The van der Waals surface area contributed by atoms with Crippen molar-refractivity contribution in [1.29, 1.82) is 0 Å². The first-order chi connectivity index (χ1) is 15.1. The molecule has 1 aromatic carbocycles. The number of amides is 2. The SMILES string of the molecule is Cc1cc(C)c(S(=O)(=O)NCCC(=O)N2CCC(C(=O)N3CCN(C)CC3)CC2)c(C)c1. The van der Waals surface area contributed by atoms with Crippen molar-refractivity contribution in [2.24, 2.45) is 5.92 Å². The number of likely N-dealkylation sites (N-methyl/N-ethyl adjacent to an activating group) is 1. The maximum Gasteiger partial charge on any atom is 0.241 e. The van der Waals surface area contributed by atoms with Crippen LogP contribution in [-0.2, 0) is 19.6 Å². The van der Waals surface area contributed by atoms with Gasteiger partial charge in [-0.25, -0.2) is 13.1 Å². The van der Waals surface area contributed by atoms with Crippen LogP contribution in [0.5, 0.6) is 0 Å². The van der Waals surface area contributed by atoms with E-state index >= 15 is 0 Å². The molecule has 32 heavy (non-hydrogen) atoms. The molecular formula is C23H36N4O4S. The van der Waals surface area contributed by atoms with Crippen molar-refractivity contribution in [2.75, 3.05) is 52.9 Å². The highest BCUT2D eigenvalue weighted by Gasteiger charge is 2.31. The highest BCUT2D eigenvalue weighted by atomic mass is 32.2. The molecule has 2 heterocycles. The van der Waals surface area contributed by atoms with Crippen LogP contribution in [0.25, 0.3) is 0 Å². The number of carbonyl (C=O) groups is 2. The molecule has 0 atom stereocenters. The predicted molar refractivity (Wildman–Crippen MR) is 124 cm³/mol. The molecule has 9 heteroatoms. The van der Waals surface area contributed by atoms with Crippen LogP contribution in [0.2, 0.25) is 0 Å². The number of hydrogen-bond donors (Lipinski definition) is 1. The summed E-state index contributed by atoms with van der Waals surface area (Å²) in [6.07, 6.45) is 1.45. The third-order valence-corrected chi connectivity index (χ3v) is 8.28. The molecular weight excluding hydrogens is 428 g/mol. The van der Waals surface area contributed by atoms with Crippen LogP contribution in [-0.4, -0.2) is 87.8 Å². The topological polar surface area (TPSA) is 90.0 Å². The molecule has 178 valence electrons. The minimum absolute atomic E-state index is 0.0200. The number of hydrogen-bond acceptors (Lipinski definition) is 5. The van der Waals surface area contributed by atoms with Gasteiger partial charge in [-0.05, 0) is 51.8 Å². The van der Waals surface area contributed by atoms with Crippen LogP contribution in [0, 0.1) is 26.7 Å². The fourth-order valence-electron chi connectivity index (χ4n) is 4.77. The van der Waals surface area contributed by atoms with Crippen molar-refractivity contribution in [3.05, 3.63) is 28.8 Å². The van der Waals surface area contributed by atoms with Crippen LogP contribution in [0.4, 0.5) is 0 Å². The molecule has 0 aromatic heterocycles. The van der Waals surface area contributed by atoms with Gasteiger partial charge in [0.05, 0.1) is 4.90 Å². The molecule has 0 radical (unpaired) electrons. The number of nitrogens with one attached hydrogen (secondary N) is 1. The molecule has 0 bridgehead atoms. The Morgan fingerprint density at radius 3 is 2.06 bits per heavy atom. The Labute approximate surface area is 192 Å². The van der Waals surface area contributed by atoms with E-state index in [0.717, 1.165) is 31.7 Å². The van der Waals surface area contributed by atoms with Crippen LogP contribution in [0.15, 0.2) is 17.0 Å². The van der Waals surface area contributed by atoms with Crippen molar-refractivity contribution in [2.45, 2.75) is 44.9 Å². The Morgan fingerprint density at radius 1 is 0.938 bits per heavy atom. The minimum Gasteiger partial charge on any atom is -0.343 e. The highest BCUT2D eigenvalue weighted by Crippen LogP contribution is 2.23. The van der Waals surface area contributed by atoms with E-state index in [9.17, 15) is 18.0 Å². The van der Waals surface area contributed by atoms with Gasteiger partial charge < -0.3 is 14.7 Å². The number of rotatable bonds is 6. The number of piperazine rings is 1.